The first-order valence-corrected chi connectivity index (χ1v) is 8.61. The fourth-order valence-electron chi connectivity index (χ4n) is 3.17. The summed E-state index contributed by atoms with van der Waals surface area (Å²) in [4.78, 5) is 18.5. The molecule has 4 heterocycles. The van der Waals surface area contributed by atoms with E-state index in [2.05, 4.69) is 20.1 Å². The molecule has 0 aliphatic carbocycles. The van der Waals surface area contributed by atoms with E-state index in [1.807, 2.05) is 18.2 Å². The molecule has 3 aromatic heterocycles. The molecule has 1 aliphatic rings. The largest absolute Gasteiger partial charge is 0.370 e. The molecule has 3 aromatic rings. The summed E-state index contributed by atoms with van der Waals surface area (Å²) in [7, 11) is 0. The van der Waals surface area contributed by atoms with E-state index >= 15 is 0 Å². The zero-order valence-electron chi connectivity index (χ0n) is 14.3. The van der Waals surface area contributed by atoms with E-state index in [9.17, 15) is 4.79 Å². The second-order valence-corrected chi connectivity index (χ2v) is 6.46. The lowest BCUT2D eigenvalue weighted by molar-refractivity contribution is 0.370. The molecule has 2 N–H and O–H groups in total. The normalized spacial score (nSPS) is 17.0. The number of hydrogen-bond acceptors (Lipinski definition) is 7. The van der Waals surface area contributed by atoms with E-state index in [0.717, 1.165) is 30.8 Å². The molecule has 1 saturated heterocycles. The lowest BCUT2D eigenvalue weighted by Crippen LogP contribution is -2.27. The molecule has 26 heavy (non-hydrogen) atoms. The Morgan fingerprint density at radius 1 is 1.27 bits per heavy atom. The van der Waals surface area contributed by atoms with Gasteiger partial charge in [-0.15, -0.1) is 0 Å². The maximum absolute atomic E-state index is 12.4. The molecule has 134 valence electrons. The quantitative estimate of drug-likeness (QED) is 0.734. The fourth-order valence-corrected chi connectivity index (χ4v) is 3.17. The third kappa shape index (κ3) is 3.36. The number of hydrogen-bond donors (Lipinski definition) is 1. The Balaban J connectivity index is 1.49. The summed E-state index contributed by atoms with van der Waals surface area (Å²) in [6.45, 7) is 2.69. The molecule has 0 radical (unpaired) electrons. The molecule has 8 heteroatoms. The van der Waals surface area contributed by atoms with Gasteiger partial charge in [0, 0.05) is 43.2 Å². The van der Waals surface area contributed by atoms with Gasteiger partial charge in [-0.05, 0) is 31.0 Å². The smallest absolute Gasteiger partial charge is 0.269 e. The van der Waals surface area contributed by atoms with Gasteiger partial charge in [-0.3, -0.25) is 9.78 Å². The van der Waals surface area contributed by atoms with Crippen molar-refractivity contribution in [2.45, 2.75) is 13.0 Å². The van der Waals surface area contributed by atoms with Gasteiger partial charge in [0.2, 0.25) is 0 Å². The molecule has 1 fully saturated rings. The number of nitrogens with zero attached hydrogens (tertiary/aromatic N) is 5. The Morgan fingerprint density at radius 3 is 2.85 bits per heavy atom. The third-order valence-corrected chi connectivity index (χ3v) is 4.68. The third-order valence-electron chi connectivity index (χ3n) is 4.68. The lowest BCUT2D eigenvalue weighted by Gasteiger charge is -2.18. The van der Waals surface area contributed by atoms with Crippen molar-refractivity contribution in [1.29, 1.82) is 0 Å². The molecule has 0 aromatic carbocycles. The minimum Gasteiger partial charge on any atom is -0.370 e. The van der Waals surface area contributed by atoms with Gasteiger partial charge in [0.15, 0.2) is 5.76 Å². The zero-order chi connectivity index (χ0) is 17.9. The minimum atomic E-state index is -0.166. The second-order valence-electron chi connectivity index (χ2n) is 6.46. The Kier molecular flexibility index (Phi) is 4.49. The van der Waals surface area contributed by atoms with Crippen LogP contribution in [-0.4, -0.2) is 39.6 Å². The van der Waals surface area contributed by atoms with Crippen LogP contribution in [0.1, 0.15) is 12.2 Å². The van der Waals surface area contributed by atoms with Gasteiger partial charge in [-0.1, -0.05) is 5.16 Å². The first kappa shape index (κ1) is 16.5. The lowest BCUT2D eigenvalue weighted by atomic mass is 10.1. The van der Waals surface area contributed by atoms with Crippen molar-refractivity contribution in [3.8, 4) is 11.3 Å². The molecule has 0 bridgehead atoms. The second kappa shape index (κ2) is 7.09. The van der Waals surface area contributed by atoms with Crippen LogP contribution in [0.25, 0.3) is 11.3 Å². The standard InChI is InChI=1S/C18H20N6O2/c19-9-13-3-6-23(11-13)15-7-18(25)24(21-10-15)12-16-8-17(22-26-16)14-1-4-20-5-2-14/h1-2,4-5,7-8,10,13H,3,6,9,11-12,19H2/t13-/m1/s1. The van der Waals surface area contributed by atoms with E-state index in [1.54, 1.807) is 24.7 Å². The van der Waals surface area contributed by atoms with Crippen molar-refractivity contribution in [2.24, 2.45) is 11.7 Å². The highest BCUT2D eigenvalue weighted by Gasteiger charge is 2.22. The maximum Gasteiger partial charge on any atom is 0.269 e. The molecule has 0 unspecified atom stereocenters. The van der Waals surface area contributed by atoms with Gasteiger partial charge in [0.05, 0.1) is 11.9 Å². The van der Waals surface area contributed by atoms with Crippen LogP contribution in [0.5, 0.6) is 0 Å². The average molecular weight is 352 g/mol. The first-order valence-electron chi connectivity index (χ1n) is 8.61. The Bertz CT molecular complexity index is 936. The van der Waals surface area contributed by atoms with Gasteiger partial charge in [0.25, 0.3) is 5.56 Å². The molecule has 0 saturated carbocycles. The summed E-state index contributed by atoms with van der Waals surface area (Å²) >= 11 is 0. The maximum atomic E-state index is 12.4. The monoisotopic (exact) mass is 352 g/mol. The molecule has 0 spiro atoms. The van der Waals surface area contributed by atoms with Crippen molar-refractivity contribution in [3.05, 3.63) is 59.0 Å². The van der Waals surface area contributed by atoms with Crippen LogP contribution < -0.4 is 16.2 Å². The number of nitrogens with two attached hydrogens (primary N) is 1. The highest BCUT2D eigenvalue weighted by atomic mass is 16.5. The van der Waals surface area contributed by atoms with Gasteiger partial charge in [0.1, 0.15) is 12.2 Å². The van der Waals surface area contributed by atoms with Gasteiger partial charge in [-0.25, -0.2) is 4.68 Å². The topological polar surface area (TPSA) is 103 Å². The van der Waals surface area contributed by atoms with E-state index in [4.69, 9.17) is 10.3 Å². The SMILES string of the molecule is NC[C@H]1CCN(c2cnn(Cc3cc(-c4ccncc4)no3)c(=O)c2)C1. The van der Waals surface area contributed by atoms with Gasteiger partial charge < -0.3 is 15.2 Å². The number of anilines is 1. The highest BCUT2D eigenvalue weighted by molar-refractivity contribution is 5.57. The van der Waals surface area contributed by atoms with E-state index in [-0.39, 0.29) is 12.1 Å². The molecule has 1 aliphatic heterocycles. The average Bonchev–Trinajstić information content (AvgIpc) is 3.33. The summed E-state index contributed by atoms with van der Waals surface area (Å²) in [6.07, 6.45) is 6.17. The molecular formula is C18H20N6O2. The Morgan fingerprint density at radius 2 is 2.12 bits per heavy atom. The molecule has 8 nitrogen and oxygen atoms in total. The van der Waals surface area contributed by atoms with E-state index in [0.29, 0.717) is 23.9 Å². The van der Waals surface area contributed by atoms with Crippen LogP contribution in [0.15, 0.2) is 52.2 Å². The molecule has 0 amide bonds. The van der Waals surface area contributed by atoms with Crippen molar-refractivity contribution >= 4 is 5.69 Å². The summed E-state index contributed by atoms with van der Waals surface area (Å²) in [6, 6.07) is 7.13. The fraction of sp³-hybridized carbons (Fsp3) is 0.333. The molecular weight excluding hydrogens is 332 g/mol. The van der Waals surface area contributed by atoms with Crippen LogP contribution in [0.4, 0.5) is 5.69 Å². The van der Waals surface area contributed by atoms with Crippen LogP contribution in [0.3, 0.4) is 0 Å². The zero-order valence-corrected chi connectivity index (χ0v) is 14.3. The predicted molar refractivity (Wildman–Crippen MR) is 96.7 cm³/mol. The minimum absolute atomic E-state index is 0.166. The molecule has 1 atom stereocenters. The van der Waals surface area contributed by atoms with E-state index in [1.165, 1.54) is 4.68 Å². The first-order chi connectivity index (χ1) is 12.7. The van der Waals surface area contributed by atoms with Crippen molar-refractivity contribution in [2.75, 3.05) is 24.5 Å². The predicted octanol–water partition coefficient (Wildman–Crippen LogP) is 1.13. The van der Waals surface area contributed by atoms with Gasteiger partial charge >= 0.3 is 0 Å². The number of rotatable bonds is 5. The summed E-state index contributed by atoms with van der Waals surface area (Å²) in [5, 5.41) is 8.33. The van der Waals surface area contributed by atoms with Crippen LogP contribution in [-0.2, 0) is 6.54 Å². The Labute approximate surface area is 150 Å². The van der Waals surface area contributed by atoms with Crippen molar-refractivity contribution < 1.29 is 4.52 Å². The van der Waals surface area contributed by atoms with Crippen molar-refractivity contribution in [1.82, 2.24) is 19.9 Å². The van der Waals surface area contributed by atoms with Crippen LogP contribution in [0.2, 0.25) is 0 Å². The number of pyridine rings is 1. The molecule has 4 rings (SSSR count). The highest BCUT2D eigenvalue weighted by Crippen LogP contribution is 2.21. The summed E-state index contributed by atoms with van der Waals surface area (Å²) in [5.41, 5.74) is 8.03. The van der Waals surface area contributed by atoms with E-state index < -0.39 is 0 Å². The summed E-state index contributed by atoms with van der Waals surface area (Å²) in [5.74, 6) is 1.06. The van der Waals surface area contributed by atoms with Crippen LogP contribution in [0, 0.1) is 5.92 Å². The van der Waals surface area contributed by atoms with Gasteiger partial charge in [-0.2, -0.15) is 5.10 Å². The summed E-state index contributed by atoms with van der Waals surface area (Å²) < 4.78 is 6.71. The van der Waals surface area contributed by atoms with Crippen LogP contribution >= 0.6 is 0 Å². The number of aromatic nitrogens is 4. The van der Waals surface area contributed by atoms with Crippen molar-refractivity contribution in [3.63, 3.8) is 0 Å². The Hall–Kier alpha value is -3.00.